The highest BCUT2D eigenvalue weighted by Crippen LogP contribution is 2.43. The van der Waals surface area contributed by atoms with Gasteiger partial charge in [0.05, 0.1) is 22.3 Å². The second-order valence-corrected chi connectivity index (χ2v) is 31.2. The van der Waals surface area contributed by atoms with Crippen LogP contribution in [0.3, 0.4) is 0 Å². The topological polar surface area (TPSA) is 120 Å². The molecule has 112 heavy (non-hydrogen) atoms. The zero-order valence-electron chi connectivity index (χ0n) is 94.3. The van der Waals surface area contributed by atoms with Crippen LogP contribution in [-0.2, 0) is 46.4 Å². The van der Waals surface area contributed by atoms with E-state index in [1.54, 1.807) is 105 Å². The third kappa shape index (κ3) is 16.1. The Hall–Kier alpha value is -10.7. The van der Waals surface area contributed by atoms with Crippen molar-refractivity contribution in [2.75, 3.05) is 0 Å². The normalized spacial score (nSPS) is 19.3. The molecule has 16 rings (SSSR count). The van der Waals surface area contributed by atoms with Crippen molar-refractivity contribution in [3.8, 4) is 45.0 Å². The van der Waals surface area contributed by atoms with Gasteiger partial charge >= 0.3 is 0 Å². The van der Waals surface area contributed by atoms with Gasteiger partial charge in [-0.3, -0.25) is 0 Å². The number of hydrogen-bond acceptors (Lipinski definition) is 8. The van der Waals surface area contributed by atoms with Crippen molar-refractivity contribution in [2.45, 2.75) is 200 Å². The van der Waals surface area contributed by atoms with Gasteiger partial charge < -0.3 is 17.7 Å². The van der Waals surface area contributed by atoms with Gasteiger partial charge in [-0.05, 0) is 174 Å². The molecule has 16 aromatic rings. The molecule has 0 saturated carbocycles. The van der Waals surface area contributed by atoms with E-state index in [9.17, 15) is 0 Å². The first-order valence-electron chi connectivity index (χ1n) is 50.9. The Balaban J connectivity index is 0.000000157. The highest BCUT2D eigenvalue weighted by molar-refractivity contribution is 6.12. The fourth-order valence-electron chi connectivity index (χ4n) is 14.4. The predicted octanol–water partition coefficient (Wildman–Crippen LogP) is 24.8. The molecule has 12 heterocycles. The molecule has 12 aromatic heterocycles. The Morgan fingerprint density at radius 2 is 0.670 bits per heavy atom. The van der Waals surface area contributed by atoms with E-state index in [0.29, 0.717) is 95.5 Å². The lowest BCUT2D eigenvalue weighted by Crippen LogP contribution is -2.31. The van der Waals surface area contributed by atoms with Crippen molar-refractivity contribution >= 4 is 88.3 Å². The summed E-state index contributed by atoms with van der Waals surface area (Å²) in [6, 6.07) is 44.2. The summed E-state index contributed by atoms with van der Waals surface area (Å²) in [6.07, 6.45) is 6.68. The van der Waals surface area contributed by atoms with Crippen LogP contribution in [0.4, 0.5) is 0 Å². The average molecular weight is 1520 g/mol. The lowest BCUT2D eigenvalue weighted by Gasteiger charge is -2.16. The molecule has 0 fully saturated rings. The molecule has 4 aromatic carbocycles. The summed E-state index contributed by atoms with van der Waals surface area (Å²) in [7, 11) is 7.46. The Kier molecular flexibility index (Phi) is 14.5. The van der Waals surface area contributed by atoms with Gasteiger partial charge in [0, 0.05) is 157 Å². The van der Waals surface area contributed by atoms with E-state index >= 15 is 0 Å². The molecule has 5 unspecified atom stereocenters. The first kappa shape index (κ1) is 51.8. The number of nitrogens with zero attached hydrogens (tertiary/aromatic N) is 8. The molecule has 0 bridgehead atoms. The number of aromatic nitrogens is 8. The monoisotopic (exact) mass is 1520 g/mol. The van der Waals surface area contributed by atoms with Crippen LogP contribution in [0, 0.1) is 39.0 Å². The maximum absolute atomic E-state index is 8.55. The standard InChI is InChI=1S/C26H31N2O.2C25H29N2O.C24H27N2O/c1-16(2)18-12-13-28(7)22(14-18)23-17(3)8-10-20-21-11-9-19(15-26(4,5)6)27-25(21)29-24(20)23;1-15(2)17-12-13-27(7)20(14-17)22-16(3)8-9-18-19-10-11-21(25(4,5)6)26-24(19)28-23(18)22;1-15(2)13-19-8-10-21-20-9-7-17(5)23(24(20)28-25(21)26-19)22-14-18(16(3)4)11-12-27(22)6;1-14(2)17-11-12-26(6)21(13-17)22-16(5)7-8-18-19-9-10-20(15(3)4)25-24(19)27-23(18)22/h8-14,16H,15H2,1-7H3;8-15H,1-7H3;7-12,14-16H,13H2,1-6H3;7-15H,1-6H3/q4*+1/i1D3,4D3,5D3,16D;1D3,15D;1D3,3D3,15D,16D;1D3,14D,15D. The number of aryl methyl sites for hydroxylation is 8. The van der Waals surface area contributed by atoms with Crippen molar-refractivity contribution in [3.63, 3.8) is 0 Å². The molecule has 0 aliphatic heterocycles. The third-order valence-corrected chi connectivity index (χ3v) is 20.6. The van der Waals surface area contributed by atoms with Gasteiger partial charge in [-0.1, -0.05) is 173 Å². The van der Waals surface area contributed by atoms with Gasteiger partial charge in [0.2, 0.25) is 45.6 Å². The molecule has 0 aliphatic carbocycles. The van der Waals surface area contributed by atoms with E-state index in [1.165, 1.54) is 41.5 Å². The summed E-state index contributed by atoms with van der Waals surface area (Å²) < 4.78 is 247. The van der Waals surface area contributed by atoms with E-state index in [0.717, 1.165) is 93.7 Å². The van der Waals surface area contributed by atoms with Crippen molar-refractivity contribution < 1.29 is 72.9 Å². The smallest absolute Gasteiger partial charge is 0.227 e. The molecular weight excluding hydrogens is 1380 g/mol. The molecule has 0 spiro atoms. The van der Waals surface area contributed by atoms with E-state index in [4.69, 9.17) is 59.7 Å². The molecule has 5 atom stereocenters. The lowest BCUT2D eigenvalue weighted by atomic mass is 9.90. The summed E-state index contributed by atoms with van der Waals surface area (Å²) in [5.41, 5.74) is 15.6. The Morgan fingerprint density at radius 3 is 1.00 bits per heavy atom. The van der Waals surface area contributed by atoms with Crippen LogP contribution in [0.5, 0.6) is 0 Å². The number of benzene rings is 4. The van der Waals surface area contributed by atoms with Crippen LogP contribution in [0.25, 0.3) is 133 Å². The zero-order valence-corrected chi connectivity index (χ0v) is 67.3. The van der Waals surface area contributed by atoms with Crippen LogP contribution < -0.4 is 18.3 Å². The highest BCUT2D eigenvalue weighted by atomic mass is 16.4. The number of furan rings is 4. The summed E-state index contributed by atoms with van der Waals surface area (Å²) in [4.78, 5) is 18.4. The van der Waals surface area contributed by atoms with E-state index in [2.05, 4.69) is 41.8 Å². The molecule has 576 valence electrons. The zero-order chi connectivity index (χ0) is 103. The number of hydrogen-bond donors (Lipinski definition) is 0. The number of rotatable bonds is 12. The summed E-state index contributed by atoms with van der Waals surface area (Å²) in [5, 5.41) is 6.65. The Labute approximate surface area is 700 Å². The minimum atomic E-state index is -2.74. The van der Waals surface area contributed by atoms with Gasteiger partial charge in [-0.2, -0.15) is 0 Å². The molecular formula is C100H116N8O4+4. The van der Waals surface area contributed by atoms with E-state index < -0.39 is 88.7 Å². The van der Waals surface area contributed by atoms with Crippen molar-refractivity contribution in [2.24, 2.45) is 39.5 Å². The van der Waals surface area contributed by atoms with Gasteiger partial charge in [0.15, 0.2) is 47.1 Å². The fraction of sp³-hybridized carbons (Fsp3) is 0.360. The maximum Gasteiger partial charge on any atom is 0.227 e. The molecule has 0 saturated heterocycles. The minimum absolute atomic E-state index is 0.0589. The van der Waals surface area contributed by atoms with Crippen LogP contribution in [0.2, 0.25) is 0 Å². The first-order valence-corrected chi connectivity index (χ1v) is 37.4. The van der Waals surface area contributed by atoms with Crippen molar-refractivity contribution in [3.05, 3.63) is 238 Å². The molecule has 0 amide bonds. The molecule has 0 radical (unpaired) electrons. The van der Waals surface area contributed by atoms with Crippen LogP contribution in [-0.4, -0.2) is 19.9 Å². The SMILES string of the molecule is [2H]C(C)(C)c1ccc2c(n1)oc1c(-c3cc(C([2H])(C)C([2H])([2H])[2H])cc[n+]3C)c(C)ccc12.[2H]C([2H])([2H])C([2H])(C)Cc1ccc2c(n1)oc1c(-c3cc(C([2H])(C)C([2H])([2H])[2H])cc[n+]3C)c(C)ccc12.[2H]C([2H])([2H])C([2H])(C)c1cc[n+](C)c(-c2c(C)ccc3c2oc2nc(C(C)(C)C)ccc23)c1.[2H]C([2H])([2H])C([2H])(C)c1cc[n+](C)c(-c2c(C)ccc3c2oc2nc(CC(C)(C([2H])([2H])[2H])C([2H])([2H])[2H])ccc23)c1. The third-order valence-electron chi connectivity index (χ3n) is 20.6. The largest absolute Gasteiger partial charge is 0.437 e. The second-order valence-electron chi connectivity index (χ2n) is 31.2. The van der Waals surface area contributed by atoms with Crippen molar-refractivity contribution in [1.82, 2.24) is 19.9 Å². The minimum Gasteiger partial charge on any atom is -0.437 e. The van der Waals surface area contributed by atoms with Crippen LogP contribution in [0.1, 0.15) is 258 Å². The van der Waals surface area contributed by atoms with Gasteiger partial charge in [0.25, 0.3) is 0 Å². The molecule has 12 heteroatoms. The lowest BCUT2D eigenvalue weighted by molar-refractivity contribution is -0.660. The number of pyridine rings is 8. The summed E-state index contributed by atoms with van der Waals surface area (Å²) >= 11 is 0. The van der Waals surface area contributed by atoms with E-state index in [1.807, 2.05) is 147 Å². The van der Waals surface area contributed by atoms with E-state index in [-0.39, 0.29) is 29.7 Å². The predicted molar refractivity (Wildman–Crippen MR) is 462 cm³/mol. The van der Waals surface area contributed by atoms with Crippen LogP contribution >= 0.6 is 0 Å². The summed E-state index contributed by atoms with van der Waals surface area (Å²) in [6.45, 7) is 8.05. The average Bonchev–Trinajstić information content (AvgIpc) is 1.68. The molecule has 0 aliphatic rings. The van der Waals surface area contributed by atoms with Gasteiger partial charge in [0.1, 0.15) is 28.2 Å². The molecule has 0 N–H and O–H groups in total. The number of fused-ring (bicyclic) bond motifs is 12. The second kappa shape index (κ2) is 31.4. The Bertz CT molecular complexity index is 7250. The van der Waals surface area contributed by atoms with Gasteiger partial charge in [-0.25, -0.2) is 38.2 Å². The Morgan fingerprint density at radius 1 is 0.357 bits per heavy atom. The molecule has 12 nitrogen and oxygen atoms in total. The van der Waals surface area contributed by atoms with Crippen molar-refractivity contribution in [1.29, 1.82) is 0 Å². The fourth-order valence-corrected chi connectivity index (χ4v) is 14.4. The van der Waals surface area contributed by atoms with Gasteiger partial charge in [-0.15, -0.1) is 0 Å². The first-order chi connectivity index (χ1) is 63.6. The highest BCUT2D eigenvalue weighted by Gasteiger charge is 2.29. The quantitative estimate of drug-likeness (QED) is 0.111. The maximum atomic E-state index is 8.55. The summed E-state index contributed by atoms with van der Waals surface area (Å²) in [5.74, 6) is -9.65. The van der Waals surface area contributed by atoms with Crippen LogP contribution in [0.15, 0.2) is 188 Å².